The zero-order valence-electron chi connectivity index (χ0n) is 10.2. The van der Waals surface area contributed by atoms with Crippen LogP contribution in [0.5, 0.6) is 0 Å². The molecule has 0 spiro atoms. The summed E-state index contributed by atoms with van der Waals surface area (Å²) in [5.41, 5.74) is 3.27. The molecule has 1 aliphatic rings. The van der Waals surface area contributed by atoms with Gasteiger partial charge in [0.05, 0.1) is 0 Å². The van der Waals surface area contributed by atoms with Crippen LogP contribution in [0.2, 0.25) is 0 Å². The van der Waals surface area contributed by atoms with E-state index in [1.165, 1.54) is 18.4 Å². The molecule has 16 heavy (non-hydrogen) atoms. The van der Waals surface area contributed by atoms with Gasteiger partial charge in [-0.25, -0.2) is 0 Å². The normalized spacial score (nSPS) is 25.0. The van der Waals surface area contributed by atoms with E-state index in [-0.39, 0.29) is 0 Å². The molecule has 0 aromatic heterocycles. The molecule has 1 aromatic rings. The molecule has 0 nitrogen and oxygen atoms in total. The van der Waals surface area contributed by atoms with Crippen LogP contribution in [0.3, 0.4) is 0 Å². The van der Waals surface area contributed by atoms with Gasteiger partial charge in [-0.05, 0) is 37.2 Å². The quantitative estimate of drug-likeness (QED) is 0.629. The van der Waals surface area contributed by atoms with Gasteiger partial charge in [0, 0.05) is 0 Å². The van der Waals surface area contributed by atoms with Gasteiger partial charge in [-0.1, -0.05) is 61.1 Å². The molecule has 0 heterocycles. The van der Waals surface area contributed by atoms with Gasteiger partial charge in [0.1, 0.15) is 0 Å². The SMILES string of the molecule is CC1=CCCC1(C)C/C=C/c1ccccc1. The molecule has 0 saturated heterocycles. The molecule has 0 heteroatoms. The summed E-state index contributed by atoms with van der Waals surface area (Å²) in [7, 11) is 0. The van der Waals surface area contributed by atoms with Gasteiger partial charge in [0.25, 0.3) is 0 Å². The number of hydrogen-bond donors (Lipinski definition) is 0. The molecule has 0 saturated carbocycles. The molecule has 2 rings (SSSR count). The lowest BCUT2D eigenvalue weighted by atomic mass is 9.81. The van der Waals surface area contributed by atoms with E-state index in [2.05, 4.69) is 62.4 Å². The lowest BCUT2D eigenvalue weighted by Crippen LogP contribution is -2.12. The van der Waals surface area contributed by atoms with Crippen LogP contribution in [0.25, 0.3) is 6.08 Å². The van der Waals surface area contributed by atoms with Crippen molar-refractivity contribution in [2.45, 2.75) is 33.1 Å². The van der Waals surface area contributed by atoms with Gasteiger partial charge in [0.2, 0.25) is 0 Å². The number of benzene rings is 1. The van der Waals surface area contributed by atoms with Crippen molar-refractivity contribution >= 4 is 6.08 Å². The third-order valence-electron chi connectivity index (χ3n) is 3.78. The van der Waals surface area contributed by atoms with Crippen LogP contribution < -0.4 is 0 Å². The average molecular weight is 212 g/mol. The monoisotopic (exact) mass is 212 g/mol. The largest absolute Gasteiger partial charge is 0.0850 e. The zero-order valence-corrected chi connectivity index (χ0v) is 10.2. The summed E-state index contributed by atoms with van der Waals surface area (Å²) in [6.45, 7) is 4.64. The van der Waals surface area contributed by atoms with Gasteiger partial charge in [-0.3, -0.25) is 0 Å². The van der Waals surface area contributed by atoms with E-state index in [0.29, 0.717) is 5.41 Å². The topological polar surface area (TPSA) is 0 Å². The molecule has 0 amide bonds. The van der Waals surface area contributed by atoms with Gasteiger partial charge >= 0.3 is 0 Å². The van der Waals surface area contributed by atoms with Crippen LogP contribution in [-0.4, -0.2) is 0 Å². The van der Waals surface area contributed by atoms with Crippen molar-refractivity contribution in [2.75, 3.05) is 0 Å². The first-order chi connectivity index (χ1) is 7.71. The van der Waals surface area contributed by atoms with Crippen LogP contribution in [0, 0.1) is 5.41 Å². The fourth-order valence-electron chi connectivity index (χ4n) is 2.33. The Labute approximate surface area is 98.7 Å². The van der Waals surface area contributed by atoms with E-state index in [4.69, 9.17) is 0 Å². The van der Waals surface area contributed by atoms with Crippen LogP contribution in [0.4, 0.5) is 0 Å². The molecule has 0 fully saturated rings. The first kappa shape index (κ1) is 11.2. The fourth-order valence-corrected chi connectivity index (χ4v) is 2.33. The summed E-state index contributed by atoms with van der Waals surface area (Å²) in [4.78, 5) is 0. The summed E-state index contributed by atoms with van der Waals surface area (Å²) in [5.74, 6) is 0. The third-order valence-corrected chi connectivity index (χ3v) is 3.78. The number of rotatable bonds is 3. The predicted molar refractivity (Wildman–Crippen MR) is 71.2 cm³/mol. The average Bonchev–Trinajstić information content (AvgIpc) is 2.61. The van der Waals surface area contributed by atoms with E-state index in [1.807, 2.05) is 0 Å². The Bertz CT molecular complexity index is 397. The van der Waals surface area contributed by atoms with Gasteiger partial charge < -0.3 is 0 Å². The van der Waals surface area contributed by atoms with E-state index in [1.54, 1.807) is 5.57 Å². The maximum Gasteiger partial charge on any atom is -0.00816 e. The van der Waals surface area contributed by atoms with Crippen molar-refractivity contribution in [1.29, 1.82) is 0 Å². The number of hydrogen-bond acceptors (Lipinski definition) is 0. The van der Waals surface area contributed by atoms with Crippen molar-refractivity contribution in [3.05, 3.63) is 53.6 Å². The van der Waals surface area contributed by atoms with E-state index in [9.17, 15) is 0 Å². The van der Waals surface area contributed by atoms with E-state index >= 15 is 0 Å². The first-order valence-electron chi connectivity index (χ1n) is 6.09. The molecule has 1 atom stereocenters. The summed E-state index contributed by atoms with van der Waals surface area (Å²) in [6, 6.07) is 10.5. The molecule has 0 aliphatic heterocycles. The smallest absolute Gasteiger partial charge is 0.00816 e. The summed E-state index contributed by atoms with van der Waals surface area (Å²) < 4.78 is 0. The number of allylic oxidation sites excluding steroid dienone is 3. The van der Waals surface area contributed by atoms with Crippen LogP contribution in [-0.2, 0) is 0 Å². The second kappa shape index (κ2) is 4.69. The standard InChI is InChI=1S/C16H20/c1-14-8-6-12-16(14,2)13-7-11-15-9-4-3-5-10-15/h3-5,7-11H,6,12-13H2,1-2H3/b11-7+. The van der Waals surface area contributed by atoms with Gasteiger partial charge in [-0.15, -0.1) is 0 Å². The molecule has 1 aliphatic carbocycles. The highest BCUT2D eigenvalue weighted by molar-refractivity contribution is 5.48. The van der Waals surface area contributed by atoms with Crippen molar-refractivity contribution in [3.8, 4) is 0 Å². The maximum atomic E-state index is 2.39. The predicted octanol–water partition coefficient (Wildman–Crippen LogP) is 4.84. The minimum absolute atomic E-state index is 0.408. The summed E-state index contributed by atoms with van der Waals surface area (Å²) in [5, 5.41) is 0. The van der Waals surface area contributed by atoms with Crippen LogP contribution in [0.1, 0.15) is 38.7 Å². The van der Waals surface area contributed by atoms with Crippen molar-refractivity contribution < 1.29 is 0 Å². The Morgan fingerprint density at radius 1 is 1.25 bits per heavy atom. The van der Waals surface area contributed by atoms with Crippen molar-refractivity contribution in [2.24, 2.45) is 5.41 Å². The minimum Gasteiger partial charge on any atom is -0.0850 e. The Balaban J connectivity index is 1.98. The van der Waals surface area contributed by atoms with Gasteiger partial charge in [0.15, 0.2) is 0 Å². The second-order valence-electron chi connectivity index (χ2n) is 5.00. The lowest BCUT2D eigenvalue weighted by molar-refractivity contribution is 0.400. The third kappa shape index (κ3) is 2.44. The van der Waals surface area contributed by atoms with Crippen molar-refractivity contribution in [1.82, 2.24) is 0 Å². The highest BCUT2D eigenvalue weighted by Crippen LogP contribution is 2.41. The second-order valence-corrected chi connectivity index (χ2v) is 5.00. The van der Waals surface area contributed by atoms with Gasteiger partial charge in [-0.2, -0.15) is 0 Å². The minimum atomic E-state index is 0.408. The Morgan fingerprint density at radius 3 is 2.62 bits per heavy atom. The highest BCUT2D eigenvalue weighted by atomic mass is 14.3. The Morgan fingerprint density at radius 2 is 2.00 bits per heavy atom. The highest BCUT2D eigenvalue weighted by Gasteiger charge is 2.27. The zero-order chi connectivity index (χ0) is 11.4. The molecule has 0 radical (unpaired) electrons. The first-order valence-corrected chi connectivity index (χ1v) is 6.09. The fraction of sp³-hybridized carbons (Fsp3) is 0.375. The van der Waals surface area contributed by atoms with Crippen LogP contribution in [0.15, 0.2) is 48.1 Å². The molecule has 0 N–H and O–H groups in total. The molecule has 0 bridgehead atoms. The summed E-state index contributed by atoms with van der Waals surface area (Å²) in [6.07, 6.45) is 10.6. The lowest BCUT2D eigenvalue weighted by Gasteiger charge is -2.24. The molecule has 1 aromatic carbocycles. The molecule has 1 unspecified atom stereocenters. The molecule has 84 valence electrons. The summed E-state index contributed by atoms with van der Waals surface area (Å²) >= 11 is 0. The Kier molecular flexibility index (Phi) is 3.28. The van der Waals surface area contributed by atoms with E-state index in [0.717, 1.165) is 6.42 Å². The maximum absolute atomic E-state index is 2.39. The van der Waals surface area contributed by atoms with E-state index < -0.39 is 0 Å². The van der Waals surface area contributed by atoms with Crippen LogP contribution >= 0.6 is 0 Å². The van der Waals surface area contributed by atoms with Crippen molar-refractivity contribution in [3.63, 3.8) is 0 Å². The molecular formula is C16H20. The Hall–Kier alpha value is -1.30. The molecular weight excluding hydrogens is 192 g/mol.